The molecule has 0 radical (unpaired) electrons. The van der Waals surface area contributed by atoms with E-state index in [2.05, 4.69) is 15.5 Å². The van der Waals surface area contributed by atoms with Gasteiger partial charge in [-0.1, -0.05) is 35.5 Å². The second-order valence-electron chi connectivity index (χ2n) is 4.89. The molecule has 1 fully saturated rings. The average Bonchev–Trinajstić information content (AvgIpc) is 3.16. The van der Waals surface area contributed by atoms with Crippen LogP contribution in [0.15, 0.2) is 34.9 Å². The lowest BCUT2D eigenvalue weighted by atomic mass is 10.1. The fraction of sp³-hybridized carbons (Fsp3) is 0.467. The van der Waals surface area contributed by atoms with Gasteiger partial charge in [-0.25, -0.2) is 0 Å². The summed E-state index contributed by atoms with van der Waals surface area (Å²) >= 11 is 0. The summed E-state index contributed by atoms with van der Waals surface area (Å²) in [4.78, 5) is 4.52. The van der Waals surface area contributed by atoms with E-state index in [0.29, 0.717) is 18.3 Å². The Labute approximate surface area is 118 Å². The van der Waals surface area contributed by atoms with E-state index in [1.54, 1.807) is 0 Å². The first-order valence-corrected chi connectivity index (χ1v) is 7.12. The number of hydrogen-bond acceptors (Lipinski definition) is 5. The summed E-state index contributed by atoms with van der Waals surface area (Å²) < 4.78 is 11.2. The predicted octanol–water partition coefficient (Wildman–Crippen LogP) is 2.62. The van der Waals surface area contributed by atoms with Gasteiger partial charge in [0.2, 0.25) is 11.7 Å². The molecule has 1 aromatic carbocycles. The summed E-state index contributed by atoms with van der Waals surface area (Å²) in [5.74, 6) is 1.26. The normalized spacial score (nSPS) is 20.1. The van der Waals surface area contributed by atoms with E-state index >= 15 is 0 Å². The smallest absolute Gasteiger partial charge is 0.243 e. The molecule has 5 heteroatoms. The number of benzene rings is 1. The number of nitrogens with zero attached hydrogens (tertiary/aromatic N) is 2. The molecule has 2 atom stereocenters. The Morgan fingerprint density at radius 1 is 1.40 bits per heavy atom. The van der Waals surface area contributed by atoms with Gasteiger partial charge in [0.25, 0.3) is 0 Å². The molecular weight excluding hydrogens is 254 g/mol. The van der Waals surface area contributed by atoms with Crippen LogP contribution in [0.3, 0.4) is 0 Å². The third-order valence-corrected chi connectivity index (χ3v) is 3.49. The molecule has 0 spiro atoms. The number of rotatable bonds is 5. The van der Waals surface area contributed by atoms with E-state index in [0.717, 1.165) is 24.9 Å². The van der Waals surface area contributed by atoms with Crippen molar-refractivity contribution >= 4 is 0 Å². The van der Waals surface area contributed by atoms with Gasteiger partial charge in [0.05, 0.1) is 6.04 Å². The average molecular weight is 273 g/mol. The second-order valence-corrected chi connectivity index (χ2v) is 4.89. The van der Waals surface area contributed by atoms with Gasteiger partial charge in [0.15, 0.2) is 0 Å². The van der Waals surface area contributed by atoms with Gasteiger partial charge in [-0.2, -0.15) is 4.98 Å². The van der Waals surface area contributed by atoms with Crippen LogP contribution >= 0.6 is 0 Å². The predicted molar refractivity (Wildman–Crippen MR) is 74.2 cm³/mol. The highest BCUT2D eigenvalue weighted by Crippen LogP contribution is 2.27. The van der Waals surface area contributed by atoms with E-state index in [9.17, 15) is 0 Å². The zero-order valence-electron chi connectivity index (χ0n) is 11.6. The summed E-state index contributed by atoms with van der Waals surface area (Å²) in [6.45, 7) is 3.58. The highest BCUT2D eigenvalue weighted by atomic mass is 16.5. The minimum absolute atomic E-state index is 0.189. The molecule has 5 nitrogen and oxygen atoms in total. The Morgan fingerprint density at radius 2 is 2.25 bits per heavy atom. The Hall–Kier alpha value is -1.72. The lowest BCUT2D eigenvalue weighted by Gasteiger charge is -2.13. The van der Waals surface area contributed by atoms with E-state index in [1.807, 2.05) is 37.3 Å². The summed E-state index contributed by atoms with van der Waals surface area (Å²) in [5, 5.41) is 7.46. The number of hydrogen-bond donors (Lipinski definition) is 1. The van der Waals surface area contributed by atoms with E-state index in [4.69, 9.17) is 9.26 Å². The molecule has 1 aromatic heterocycles. The SMILES string of the molecule is CCOC(c1ccccc1)c1noc([C@@H]2CCCN2)n1. The van der Waals surface area contributed by atoms with Crippen LogP contribution in [0.25, 0.3) is 0 Å². The van der Waals surface area contributed by atoms with Crippen molar-refractivity contribution in [3.05, 3.63) is 47.6 Å². The van der Waals surface area contributed by atoms with E-state index < -0.39 is 0 Å². The molecule has 0 amide bonds. The summed E-state index contributed by atoms with van der Waals surface area (Å²) in [5.41, 5.74) is 1.04. The van der Waals surface area contributed by atoms with Crippen LogP contribution in [0.5, 0.6) is 0 Å². The maximum absolute atomic E-state index is 5.78. The first-order valence-electron chi connectivity index (χ1n) is 7.12. The van der Waals surface area contributed by atoms with Gasteiger partial charge >= 0.3 is 0 Å². The van der Waals surface area contributed by atoms with Crippen molar-refractivity contribution in [2.45, 2.75) is 31.9 Å². The van der Waals surface area contributed by atoms with Crippen molar-refractivity contribution in [2.24, 2.45) is 0 Å². The third kappa shape index (κ3) is 2.73. The van der Waals surface area contributed by atoms with Crippen LogP contribution in [0, 0.1) is 0 Å². The molecule has 0 aliphatic carbocycles. The third-order valence-electron chi connectivity index (χ3n) is 3.49. The highest BCUT2D eigenvalue weighted by Gasteiger charge is 2.26. The van der Waals surface area contributed by atoms with Crippen molar-refractivity contribution in [3.8, 4) is 0 Å². The van der Waals surface area contributed by atoms with Crippen LogP contribution < -0.4 is 5.32 Å². The van der Waals surface area contributed by atoms with Gasteiger partial charge in [-0.3, -0.25) is 0 Å². The molecular formula is C15H19N3O2. The first-order chi connectivity index (χ1) is 9.88. The van der Waals surface area contributed by atoms with Crippen molar-refractivity contribution in [2.75, 3.05) is 13.2 Å². The lowest BCUT2D eigenvalue weighted by Crippen LogP contribution is -2.13. The van der Waals surface area contributed by atoms with Crippen LogP contribution in [0.4, 0.5) is 0 Å². The zero-order chi connectivity index (χ0) is 13.8. The van der Waals surface area contributed by atoms with Crippen LogP contribution in [-0.2, 0) is 4.74 Å². The zero-order valence-corrected chi connectivity index (χ0v) is 11.6. The standard InChI is InChI=1S/C15H19N3O2/c1-2-19-13(11-7-4-3-5-8-11)14-17-15(20-18-14)12-9-6-10-16-12/h3-5,7-8,12-13,16H,2,6,9-10H2,1H3/t12-,13?/m0/s1. The van der Waals surface area contributed by atoms with Crippen LogP contribution in [-0.4, -0.2) is 23.3 Å². The Kier molecular flexibility index (Phi) is 4.08. The van der Waals surface area contributed by atoms with Gasteiger partial charge in [-0.15, -0.1) is 0 Å². The molecule has 1 N–H and O–H groups in total. The van der Waals surface area contributed by atoms with Gasteiger partial charge in [0, 0.05) is 6.61 Å². The molecule has 20 heavy (non-hydrogen) atoms. The van der Waals surface area contributed by atoms with Crippen molar-refractivity contribution in [1.29, 1.82) is 0 Å². The molecule has 3 rings (SSSR count). The summed E-state index contributed by atoms with van der Waals surface area (Å²) in [6, 6.07) is 10.2. The molecule has 2 aromatic rings. The monoisotopic (exact) mass is 273 g/mol. The van der Waals surface area contributed by atoms with Gasteiger partial charge in [0.1, 0.15) is 6.10 Å². The topological polar surface area (TPSA) is 60.2 Å². The van der Waals surface area contributed by atoms with Gasteiger partial charge in [-0.05, 0) is 31.9 Å². The quantitative estimate of drug-likeness (QED) is 0.907. The Balaban J connectivity index is 1.84. The molecule has 2 heterocycles. The molecule has 1 aliphatic heterocycles. The fourth-order valence-electron chi connectivity index (χ4n) is 2.50. The number of nitrogens with one attached hydrogen (secondary N) is 1. The van der Waals surface area contributed by atoms with Crippen molar-refractivity contribution < 1.29 is 9.26 Å². The first kappa shape index (κ1) is 13.3. The Morgan fingerprint density at radius 3 is 2.95 bits per heavy atom. The van der Waals surface area contributed by atoms with E-state index in [1.165, 1.54) is 0 Å². The Bertz CT molecular complexity index is 535. The minimum atomic E-state index is -0.264. The largest absolute Gasteiger partial charge is 0.366 e. The van der Waals surface area contributed by atoms with E-state index in [-0.39, 0.29) is 12.1 Å². The molecule has 1 saturated heterocycles. The summed E-state index contributed by atoms with van der Waals surface area (Å²) in [7, 11) is 0. The fourth-order valence-corrected chi connectivity index (χ4v) is 2.50. The van der Waals surface area contributed by atoms with Crippen molar-refractivity contribution in [1.82, 2.24) is 15.5 Å². The van der Waals surface area contributed by atoms with Crippen LogP contribution in [0.1, 0.15) is 49.2 Å². The molecule has 106 valence electrons. The maximum atomic E-state index is 5.78. The molecule has 1 unspecified atom stereocenters. The van der Waals surface area contributed by atoms with Crippen LogP contribution in [0.2, 0.25) is 0 Å². The van der Waals surface area contributed by atoms with Gasteiger partial charge < -0.3 is 14.6 Å². The van der Waals surface area contributed by atoms with Crippen molar-refractivity contribution in [3.63, 3.8) is 0 Å². The molecule has 1 aliphatic rings. The summed E-state index contributed by atoms with van der Waals surface area (Å²) in [6.07, 6.45) is 1.93. The lowest BCUT2D eigenvalue weighted by molar-refractivity contribution is 0.0833. The molecule has 0 bridgehead atoms. The maximum Gasteiger partial charge on any atom is 0.243 e. The second kappa shape index (κ2) is 6.15. The molecule has 0 saturated carbocycles. The minimum Gasteiger partial charge on any atom is -0.366 e. The number of aromatic nitrogens is 2. The highest BCUT2D eigenvalue weighted by molar-refractivity contribution is 5.22. The number of ether oxygens (including phenoxy) is 1.